The maximum absolute atomic E-state index is 6.08. The van der Waals surface area contributed by atoms with Crippen LogP contribution in [0, 0.1) is 6.92 Å². The highest BCUT2D eigenvalue weighted by Crippen LogP contribution is 2.26. The Bertz CT molecular complexity index is 573. The zero-order chi connectivity index (χ0) is 12.7. The number of nitrogens with zero attached hydrogens (tertiary/aromatic N) is 3. The molecular weight excluding hydrogens is 224 g/mol. The van der Waals surface area contributed by atoms with Crippen molar-refractivity contribution < 1.29 is 0 Å². The number of fused-ring (bicyclic) bond motifs is 1. The van der Waals surface area contributed by atoms with E-state index in [1.54, 1.807) is 0 Å². The molecule has 0 aliphatic carbocycles. The van der Waals surface area contributed by atoms with Gasteiger partial charge in [0.05, 0.1) is 6.04 Å². The maximum atomic E-state index is 6.08. The highest BCUT2D eigenvalue weighted by Gasteiger charge is 2.26. The molecule has 0 saturated heterocycles. The zero-order valence-corrected chi connectivity index (χ0v) is 10.8. The summed E-state index contributed by atoms with van der Waals surface area (Å²) in [5, 5.41) is 4.64. The lowest BCUT2D eigenvalue weighted by Crippen LogP contribution is -2.36. The van der Waals surface area contributed by atoms with E-state index in [0.717, 1.165) is 30.1 Å². The van der Waals surface area contributed by atoms with Crippen LogP contribution in [-0.4, -0.2) is 20.8 Å². The molecule has 2 N–H and O–H groups in total. The van der Waals surface area contributed by atoms with Crippen molar-refractivity contribution in [2.75, 3.05) is 0 Å². The summed E-state index contributed by atoms with van der Waals surface area (Å²) in [6, 6.07) is 8.64. The Hall–Kier alpha value is -1.68. The summed E-state index contributed by atoms with van der Waals surface area (Å²) >= 11 is 0. The van der Waals surface area contributed by atoms with Gasteiger partial charge in [0, 0.05) is 18.0 Å². The van der Waals surface area contributed by atoms with Gasteiger partial charge in [-0.3, -0.25) is 0 Å². The average Bonchev–Trinajstić information content (AvgIpc) is 2.79. The Labute approximate surface area is 107 Å². The average molecular weight is 242 g/mol. The number of aryl methyl sites for hydroxylation is 2. The summed E-state index contributed by atoms with van der Waals surface area (Å²) in [5.74, 6) is 1.88. The third kappa shape index (κ3) is 1.73. The lowest BCUT2D eigenvalue weighted by molar-refractivity contribution is 0.339. The number of benzene rings is 1. The summed E-state index contributed by atoms with van der Waals surface area (Å²) in [5.41, 5.74) is 8.40. The van der Waals surface area contributed by atoms with Gasteiger partial charge in [-0.15, -0.1) is 0 Å². The molecule has 1 aliphatic heterocycles. The van der Waals surface area contributed by atoms with E-state index < -0.39 is 0 Å². The molecule has 2 unspecified atom stereocenters. The molecule has 4 heteroatoms. The third-order valence-corrected chi connectivity index (χ3v) is 3.79. The predicted molar refractivity (Wildman–Crippen MR) is 71.2 cm³/mol. The summed E-state index contributed by atoms with van der Waals surface area (Å²) in [6.07, 6.45) is 1.91. The fraction of sp³-hybridized carbons (Fsp3) is 0.429. The van der Waals surface area contributed by atoms with Crippen LogP contribution in [0.2, 0.25) is 0 Å². The smallest absolute Gasteiger partial charge is 0.181 e. The summed E-state index contributed by atoms with van der Waals surface area (Å²) in [6.45, 7) is 4.20. The normalized spacial score (nSPS) is 22.8. The number of nitrogens with two attached hydrogens (primary N) is 1. The number of rotatable bonds is 1. The van der Waals surface area contributed by atoms with Crippen LogP contribution in [0.1, 0.15) is 30.8 Å². The number of hydrogen-bond acceptors (Lipinski definition) is 3. The van der Waals surface area contributed by atoms with E-state index in [1.165, 1.54) is 5.56 Å². The molecular formula is C14H18N4. The maximum Gasteiger partial charge on any atom is 0.181 e. The molecule has 0 amide bonds. The van der Waals surface area contributed by atoms with Gasteiger partial charge >= 0.3 is 0 Å². The molecule has 2 heterocycles. The summed E-state index contributed by atoms with van der Waals surface area (Å²) in [4.78, 5) is 4.66. The van der Waals surface area contributed by atoms with Gasteiger partial charge < -0.3 is 5.73 Å². The highest BCUT2D eigenvalue weighted by molar-refractivity contribution is 5.59. The first kappa shape index (κ1) is 11.4. The molecule has 4 nitrogen and oxygen atoms in total. The van der Waals surface area contributed by atoms with Gasteiger partial charge in [-0.1, -0.05) is 24.3 Å². The van der Waals surface area contributed by atoms with E-state index >= 15 is 0 Å². The molecule has 2 atom stereocenters. The Balaban J connectivity index is 2.07. The Morgan fingerprint density at radius 2 is 2.11 bits per heavy atom. The van der Waals surface area contributed by atoms with Gasteiger partial charge in [0.2, 0.25) is 0 Å². The predicted octanol–water partition coefficient (Wildman–Crippen LogP) is 2.09. The molecule has 2 aromatic rings. The van der Waals surface area contributed by atoms with Crippen molar-refractivity contribution in [2.45, 2.75) is 38.8 Å². The summed E-state index contributed by atoms with van der Waals surface area (Å²) in [7, 11) is 0. The first-order valence-electron chi connectivity index (χ1n) is 6.44. The molecule has 1 aromatic carbocycles. The Morgan fingerprint density at radius 1 is 1.33 bits per heavy atom. The number of aromatic nitrogens is 3. The molecule has 0 radical (unpaired) electrons. The van der Waals surface area contributed by atoms with Crippen LogP contribution in [-0.2, 0) is 6.42 Å². The van der Waals surface area contributed by atoms with Crippen molar-refractivity contribution in [3.8, 4) is 11.4 Å². The van der Waals surface area contributed by atoms with Crippen LogP contribution in [0.25, 0.3) is 11.4 Å². The van der Waals surface area contributed by atoms with Gasteiger partial charge in [-0.25, -0.2) is 9.67 Å². The Morgan fingerprint density at radius 3 is 2.89 bits per heavy atom. The largest absolute Gasteiger partial charge is 0.326 e. The third-order valence-electron chi connectivity index (χ3n) is 3.79. The van der Waals surface area contributed by atoms with Crippen LogP contribution in [0.15, 0.2) is 24.3 Å². The minimum absolute atomic E-state index is 0.184. The first-order chi connectivity index (χ1) is 8.66. The second-order valence-corrected chi connectivity index (χ2v) is 5.05. The summed E-state index contributed by atoms with van der Waals surface area (Å²) < 4.78 is 2.00. The lowest BCUT2D eigenvalue weighted by Gasteiger charge is -2.25. The monoisotopic (exact) mass is 242 g/mol. The van der Waals surface area contributed by atoms with Gasteiger partial charge in [0.15, 0.2) is 5.82 Å². The first-order valence-corrected chi connectivity index (χ1v) is 6.44. The van der Waals surface area contributed by atoms with E-state index in [9.17, 15) is 0 Å². The van der Waals surface area contributed by atoms with Crippen LogP contribution in [0.5, 0.6) is 0 Å². The molecule has 0 saturated carbocycles. The second-order valence-electron chi connectivity index (χ2n) is 5.05. The van der Waals surface area contributed by atoms with Crippen LogP contribution < -0.4 is 5.73 Å². The van der Waals surface area contributed by atoms with Crippen molar-refractivity contribution in [1.29, 1.82) is 0 Å². The van der Waals surface area contributed by atoms with Crippen LogP contribution >= 0.6 is 0 Å². The molecule has 1 aromatic heterocycles. The molecule has 3 rings (SSSR count). The molecule has 18 heavy (non-hydrogen) atoms. The van der Waals surface area contributed by atoms with Gasteiger partial charge in [0.25, 0.3) is 0 Å². The molecule has 1 aliphatic rings. The fourth-order valence-corrected chi connectivity index (χ4v) is 2.51. The highest BCUT2D eigenvalue weighted by atomic mass is 15.4. The van der Waals surface area contributed by atoms with E-state index in [-0.39, 0.29) is 12.1 Å². The quantitative estimate of drug-likeness (QED) is 0.833. The van der Waals surface area contributed by atoms with E-state index in [4.69, 9.17) is 5.73 Å². The van der Waals surface area contributed by atoms with Crippen molar-refractivity contribution in [1.82, 2.24) is 14.8 Å². The molecule has 0 spiro atoms. The number of hydrogen-bond donors (Lipinski definition) is 1. The topological polar surface area (TPSA) is 56.7 Å². The Kier molecular flexibility index (Phi) is 2.67. The van der Waals surface area contributed by atoms with Gasteiger partial charge in [0.1, 0.15) is 5.82 Å². The SMILES string of the molecule is Cc1ccccc1-c1nc2n(n1)C(C)C(N)CC2. The zero-order valence-electron chi connectivity index (χ0n) is 10.8. The second kappa shape index (κ2) is 4.21. The van der Waals surface area contributed by atoms with E-state index in [1.807, 2.05) is 16.8 Å². The van der Waals surface area contributed by atoms with Crippen molar-refractivity contribution in [3.05, 3.63) is 35.7 Å². The van der Waals surface area contributed by atoms with E-state index in [2.05, 4.69) is 36.1 Å². The van der Waals surface area contributed by atoms with Crippen LogP contribution in [0.4, 0.5) is 0 Å². The fourth-order valence-electron chi connectivity index (χ4n) is 2.51. The van der Waals surface area contributed by atoms with Gasteiger partial charge in [-0.2, -0.15) is 5.10 Å². The minimum Gasteiger partial charge on any atom is -0.326 e. The molecule has 94 valence electrons. The molecule has 0 bridgehead atoms. The standard InChI is InChI=1S/C14H18N4/c1-9-5-3-4-6-11(9)14-16-13-8-7-12(15)10(2)18(13)17-14/h3-6,10,12H,7-8,15H2,1-2H3. The van der Waals surface area contributed by atoms with Crippen molar-refractivity contribution in [3.63, 3.8) is 0 Å². The van der Waals surface area contributed by atoms with Crippen molar-refractivity contribution >= 4 is 0 Å². The minimum atomic E-state index is 0.184. The van der Waals surface area contributed by atoms with Crippen molar-refractivity contribution in [2.24, 2.45) is 5.73 Å². The molecule has 0 fully saturated rings. The van der Waals surface area contributed by atoms with Crippen LogP contribution in [0.3, 0.4) is 0 Å². The van der Waals surface area contributed by atoms with Gasteiger partial charge in [-0.05, 0) is 25.8 Å². The lowest BCUT2D eigenvalue weighted by atomic mass is 10.0. The van der Waals surface area contributed by atoms with E-state index in [0.29, 0.717) is 0 Å².